The van der Waals surface area contributed by atoms with E-state index in [1.54, 1.807) is 22.9 Å². The summed E-state index contributed by atoms with van der Waals surface area (Å²) >= 11 is 6.14. The van der Waals surface area contributed by atoms with Crippen molar-refractivity contribution in [1.82, 2.24) is 9.78 Å². The van der Waals surface area contributed by atoms with Gasteiger partial charge in [0.15, 0.2) is 0 Å². The number of halogens is 1. The topological polar surface area (TPSA) is 76.0 Å². The summed E-state index contributed by atoms with van der Waals surface area (Å²) in [5.74, 6) is -0.499. The average Bonchev–Trinajstić information content (AvgIpc) is 2.99. The van der Waals surface area contributed by atoms with Gasteiger partial charge in [-0.2, -0.15) is 5.10 Å². The van der Waals surface area contributed by atoms with Gasteiger partial charge in [0, 0.05) is 12.6 Å². The number of para-hydroxylation sites is 1. The predicted molar refractivity (Wildman–Crippen MR) is 102 cm³/mol. The molecule has 7 heteroatoms. The van der Waals surface area contributed by atoms with E-state index >= 15 is 0 Å². The third kappa shape index (κ3) is 3.75. The van der Waals surface area contributed by atoms with Crippen LogP contribution in [0.25, 0.3) is 5.69 Å². The van der Waals surface area contributed by atoms with Crippen LogP contribution in [-0.4, -0.2) is 21.6 Å². The number of rotatable bonds is 4. The minimum absolute atomic E-state index is 0.215. The fourth-order valence-electron chi connectivity index (χ4n) is 2.54. The molecule has 0 aliphatic rings. The molecule has 2 N–H and O–H groups in total. The Morgan fingerprint density at radius 3 is 2.46 bits per heavy atom. The Bertz CT molecular complexity index is 967. The van der Waals surface area contributed by atoms with Crippen molar-refractivity contribution in [3.63, 3.8) is 0 Å². The van der Waals surface area contributed by atoms with Gasteiger partial charge in [-0.15, -0.1) is 0 Å². The second kappa shape index (κ2) is 7.41. The lowest BCUT2D eigenvalue weighted by molar-refractivity contribution is -0.114. The van der Waals surface area contributed by atoms with Crippen molar-refractivity contribution in [3.05, 3.63) is 71.0 Å². The second-order valence-corrected chi connectivity index (χ2v) is 6.13. The Hall–Kier alpha value is -3.12. The standard InChI is InChI=1S/C19H17ClN4O2/c1-12-16(11-21-24(12)15-6-4-3-5-7-15)19(26)23-14-8-9-18(17(20)10-14)22-13(2)25/h3-11H,1-2H3,(H,22,25)(H,23,26). The molecule has 0 radical (unpaired) electrons. The number of anilines is 2. The highest BCUT2D eigenvalue weighted by Gasteiger charge is 2.16. The second-order valence-electron chi connectivity index (χ2n) is 5.72. The van der Waals surface area contributed by atoms with Crippen molar-refractivity contribution in [1.29, 1.82) is 0 Å². The molecule has 0 saturated carbocycles. The molecule has 3 aromatic rings. The molecule has 0 saturated heterocycles. The molecule has 1 aromatic heterocycles. The van der Waals surface area contributed by atoms with Crippen molar-refractivity contribution in [2.75, 3.05) is 10.6 Å². The summed E-state index contributed by atoms with van der Waals surface area (Å²) in [7, 11) is 0. The van der Waals surface area contributed by atoms with Gasteiger partial charge in [-0.05, 0) is 37.3 Å². The molecule has 132 valence electrons. The number of nitrogens with one attached hydrogen (secondary N) is 2. The van der Waals surface area contributed by atoms with E-state index in [0.29, 0.717) is 22.0 Å². The van der Waals surface area contributed by atoms with Crippen molar-refractivity contribution in [3.8, 4) is 5.69 Å². The van der Waals surface area contributed by atoms with Gasteiger partial charge in [0.2, 0.25) is 5.91 Å². The Labute approximate surface area is 155 Å². The molecule has 0 fully saturated rings. The fraction of sp³-hybridized carbons (Fsp3) is 0.105. The van der Waals surface area contributed by atoms with E-state index in [0.717, 1.165) is 11.4 Å². The zero-order chi connectivity index (χ0) is 18.7. The lowest BCUT2D eigenvalue weighted by atomic mass is 10.2. The van der Waals surface area contributed by atoms with E-state index in [9.17, 15) is 9.59 Å². The molecule has 0 unspecified atom stereocenters. The quantitative estimate of drug-likeness (QED) is 0.729. The van der Waals surface area contributed by atoms with Crippen LogP contribution < -0.4 is 10.6 Å². The number of aromatic nitrogens is 2. The van der Waals surface area contributed by atoms with Gasteiger partial charge in [-0.3, -0.25) is 9.59 Å². The highest BCUT2D eigenvalue weighted by atomic mass is 35.5. The normalized spacial score (nSPS) is 10.4. The summed E-state index contributed by atoms with van der Waals surface area (Å²) in [4.78, 5) is 23.7. The van der Waals surface area contributed by atoms with Crippen LogP contribution in [0.1, 0.15) is 23.0 Å². The highest BCUT2D eigenvalue weighted by Crippen LogP contribution is 2.26. The molecule has 6 nitrogen and oxygen atoms in total. The first-order valence-electron chi connectivity index (χ1n) is 7.94. The molecule has 0 atom stereocenters. The van der Waals surface area contributed by atoms with Gasteiger partial charge in [0.1, 0.15) is 0 Å². The number of carbonyl (C=O) groups excluding carboxylic acids is 2. The summed E-state index contributed by atoms with van der Waals surface area (Å²) in [5.41, 5.74) is 3.10. The summed E-state index contributed by atoms with van der Waals surface area (Å²) in [6.45, 7) is 3.24. The van der Waals surface area contributed by atoms with Gasteiger partial charge >= 0.3 is 0 Å². The Kier molecular flexibility index (Phi) is 5.04. The molecule has 0 aliphatic heterocycles. The summed E-state index contributed by atoms with van der Waals surface area (Å²) in [6, 6.07) is 14.5. The molecule has 2 aromatic carbocycles. The Morgan fingerprint density at radius 1 is 1.08 bits per heavy atom. The van der Waals surface area contributed by atoms with Gasteiger partial charge in [0.05, 0.1) is 33.9 Å². The van der Waals surface area contributed by atoms with Crippen molar-refractivity contribution < 1.29 is 9.59 Å². The molecular weight excluding hydrogens is 352 g/mol. The molecule has 3 rings (SSSR count). The molecule has 26 heavy (non-hydrogen) atoms. The third-order valence-corrected chi connectivity index (χ3v) is 4.11. The van der Waals surface area contributed by atoms with Crippen molar-refractivity contribution in [2.24, 2.45) is 0 Å². The highest BCUT2D eigenvalue weighted by molar-refractivity contribution is 6.34. The van der Waals surface area contributed by atoms with E-state index in [-0.39, 0.29) is 11.8 Å². The lowest BCUT2D eigenvalue weighted by Gasteiger charge is -2.09. The van der Waals surface area contributed by atoms with Gasteiger partial charge in [0.25, 0.3) is 5.91 Å². The van der Waals surface area contributed by atoms with Crippen molar-refractivity contribution >= 4 is 34.8 Å². The van der Waals surface area contributed by atoms with Crippen LogP contribution in [0.2, 0.25) is 5.02 Å². The SMILES string of the molecule is CC(=O)Nc1ccc(NC(=O)c2cnn(-c3ccccc3)c2C)cc1Cl. The van der Waals surface area contributed by atoms with Crippen LogP contribution in [0.4, 0.5) is 11.4 Å². The maximum Gasteiger partial charge on any atom is 0.259 e. The van der Waals surface area contributed by atoms with E-state index in [4.69, 9.17) is 11.6 Å². The first kappa shape index (κ1) is 17.7. The summed E-state index contributed by atoms with van der Waals surface area (Å²) < 4.78 is 1.71. The van der Waals surface area contributed by atoms with E-state index < -0.39 is 0 Å². The number of benzene rings is 2. The summed E-state index contributed by atoms with van der Waals surface area (Å²) in [5, 5.41) is 10.1. The smallest absolute Gasteiger partial charge is 0.259 e. The van der Waals surface area contributed by atoms with Gasteiger partial charge in [-0.25, -0.2) is 4.68 Å². The van der Waals surface area contributed by atoms with Crippen LogP contribution in [0.15, 0.2) is 54.7 Å². The first-order valence-corrected chi connectivity index (χ1v) is 8.32. The predicted octanol–water partition coefficient (Wildman–Crippen LogP) is 4.04. The summed E-state index contributed by atoms with van der Waals surface area (Å²) in [6.07, 6.45) is 1.53. The van der Waals surface area contributed by atoms with Crippen molar-refractivity contribution in [2.45, 2.75) is 13.8 Å². The largest absolute Gasteiger partial charge is 0.325 e. The number of nitrogens with zero attached hydrogens (tertiary/aromatic N) is 2. The molecular formula is C19H17ClN4O2. The zero-order valence-electron chi connectivity index (χ0n) is 14.3. The molecule has 0 spiro atoms. The van der Waals surface area contributed by atoms with Crippen LogP contribution in [0.3, 0.4) is 0 Å². The zero-order valence-corrected chi connectivity index (χ0v) is 15.0. The number of hydrogen-bond acceptors (Lipinski definition) is 3. The van der Waals surface area contributed by atoms with E-state index in [1.165, 1.54) is 13.1 Å². The van der Waals surface area contributed by atoms with Gasteiger partial charge in [-0.1, -0.05) is 29.8 Å². The van der Waals surface area contributed by atoms with E-state index in [1.807, 2.05) is 37.3 Å². The molecule has 2 amide bonds. The van der Waals surface area contributed by atoms with Crippen LogP contribution in [0.5, 0.6) is 0 Å². The van der Waals surface area contributed by atoms with Crippen LogP contribution in [-0.2, 0) is 4.79 Å². The first-order chi connectivity index (χ1) is 12.5. The van der Waals surface area contributed by atoms with Crippen LogP contribution >= 0.6 is 11.6 Å². The van der Waals surface area contributed by atoms with E-state index in [2.05, 4.69) is 15.7 Å². The third-order valence-electron chi connectivity index (χ3n) is 3.79. The Balaban J connectivity index is 1.80. The number of hydrogen-bond donors (Lipinski definition) is 2. The minimum Gasteiger partial charge on any atom is -0.325 e. The molecule has 0 bridgehead atoms. The number of carbonyl (C=O) groups is 2. The molecule has 0 aliphatic carbocycles. The van der Waals surface area contributed by atoms with Gasteiger partial charge < -0.3 is 10.6 Å². The molecule has 1 heterocycles. The fourth-order valence-corrected chi connectivity index (χ4v) is 2.77. The average molecular weight is 369 g/mol. The Morgan fingerprint density at radius 2 is 1.81 bits per heavy atom. The maximum atomic E-state index is 12.6. The van der Waals surface area contributed by atoms with Crippen LogP contribution in [0, 0.1) is 6.92 Å². The minimum atomic E-state index is -0.284. The maximum absolute atomic E-state index is 12.6. The lowest BCUT2D eigenvalue weighted by Crippen LogP contribution is -2.13. The number of amides is 2. The monoisotopic (exact) mass is 368 g/mol.